The lowest BCUT2D eigenvalue weighted by Crippen LogP contribution is -1.96. The number of aromatic nitrogens is 3. The van der Waals surface area contributed by atoms with E-state index in [9.17, 15) is 0 Å². The number of hydrogen-bond acceptors (Lipinski definition) is 3. The number of hydrogen-bond donors (Lipinski definition) is 0. The average molecular weight is 918 g/mol. The lowest BCUT2D eigenvalue weighted by atomic mass is 9.96. The van der Waals surface area contributed by atoms with E-state index in [-0.39, 0.29) is 0 Å². The van der Waals surface area contributed by atoms with Crippen LogP contribution in [0.2, 0.25) is 0 Å². The zero-order valence-corrected chi connectivity index (χ0v) is 38.7. The highest BCUT2D eigenvalue weighted by atomic mass is 16.3. The summed E-state index contributed by atoms with van der Waals surface area (Å²) >= 11 is 0. The minimum Gasteiger partial charge on any atom is -0.456 e. The number of furan rings is 2. The number of fused-ring (bicyclic) bond motifs is 16. The highest BCUT2D eigenvalue weighted by Gasteiger charge is 2.21. The first-order chi connectivity index (χ1) is 35.7. The molecule has 0 unspecified atom stereocenters. The van der Waals surface area contributed by atoms with Gasteiger partial charge in [0.05, 0.1) is 33.3 Å². The van der Waals surface area contributed by atoms with Crippen molar-refractivity contribution in [1.29, 1.82) is 0 Å². The number of nitrogens with zero attached hydrogens (tertiary/aromatic N) is 3. The molecule has 0 aliphatic rings. The Hall–Kier alpha value is -9.71. The summed E-state index contributed by atoms with van der Waals surface area (Å²) in [5.41, 5.74) is 17.8. The molecule has 0 N–H and O–H groups in total. The van der Waals surface area contributed by atoms with Crippen LogP contribution < -0.4 is 0 Å². The van der Waals surface area contributed by atoms with Gasteiger partial charge in [-0.15, -0.1) is 0 Å². The van der Waals surface area contributed by atoms with E-state index in [0.717, 1.165) is 116 Å². The summed E-state index contributed by atoms with van der Waals surface area (Å²) in [4.78, 5) is 5.45. The van der Waals surface area contributed by atoms with E-state index in [4.69, 9.17) is 13.8 Å². The topological polar surface area (TPSA) is 49.0 Å². The van der Waals surface area contributed by atoms with Crippen LogP contribution in [0.25, 0.3) is 154 Å². The quantitative estimate of drug-likeness (QED) is 0.162. The third-order valence-electron chi connectivity index (χ3n) is 15.1. The van der Waals surface area contributed by atoms with Crippen molar-refractivity contribution >= 4 is 109 Å². The second-order valence-electron chi connectivity index (χ2n) is 19.0. The summed E-state index contributed by atoms with van der Waals surface area (Å²) in [6, 6.07) is 85.0. The van der Waals surface area contributed by atoms with Crippen molar-refractivity contribution in [2.45, 2.75) is 0 Å². The smallest absolute Gasteiger partial charge is 0.136 e. The van der Waals surface area contributed by atoms with Crippen molar-refractivity contribution < 1.29 is 8.83 Å². The summed E-state index contributed by atoms with van der Waals surface area (Å²) in [6.45, 7) is 0. The third-order valence-corrected chi connectivity index (χ3v) is 15.1. The zero-order valence-electron chi connectivity index (χ0n) is 38.7. The normalized spacial score (nSPS) is 12.2. The SMILES string of the molecule is c1ccc(-n2c3ccccc3c3c4c(ccc32)c(-c2ccc(-n3c5cc(-c6ccc7c(c6)oc6ccccc67)ccc5c5ccc(-c6ccc7c(c6)oc6ccccc67)cc53)cc2)nc2ccccc24)cc1. The lowest BCUT2D eigenvalue weighted by Gasteiger charge is -2.14. The van der Waals surface area contributed by atoms with Crippen molar-refractivity contribution in [3.63, 3.8) is 0 Å². The Bertz CT molecular complexity index is 4740. The molecule has 5 aromatic heterocycles. The highest BCUT2D eigenvalue weighted by molar-refractivity contribution is 6.29. The first-order valence-corrected chi connectivity index (χ1v) is 24.5. The monoisotopic (exact) mass is 917 g/mol. The van der Waals surface area contributed by atoms with Gasteiger partial charge in [0, 0.05) is 76.2 Å². The number of para-hydroxylation sites is 5. The summed E-state index contributed by atoms with van der Waals surface area (Å²) in [5, 5.41) is 12.8. The van der Waals surface area contributed by atoms with Crippen molar-refractivity contribution in [3.05, 3.63) is 237 Å². The van der Waals surface area contributed by atoms with Gasteiger partial charge in [-0.2, -0.15) is 0 Å². The molecule has 0 fully saturated rings. The molecule has 11 aromatic carbocycles. The first kappa shape index (κ1) is 39.2. The van der Waals surface area contributed by atoms with E-state index in [0.29, 0.717) is 0 Å². The van der Waals surface area contributed by atoms with Crippen LogP contribution in [0.5, 0.6) is 0 Å². The molecule has 0 amide bonds. The van der Waals surface area contributed by atoms with Gasteiger partial charge in [0.2, 0.25) is 0 Å². The molecule has 0 saturated heterocycles. The van der Waals surface area contributed by atoms with Crippen molar-refractivity contribution in [2.24, 2.45) is 0 Å². The van der Waals surface area contributed by atoms with Gasteiger partial charge in [-0.1, -0.05) is 146 Å². The predicted molar refractivity (Wildman–Crippen MR) is 299 cm³/mol. The van der Waals surface area contributed by atoms with Gasteiger partial charge in [0.15, 0.2) is 0 Å². The van der Waals surface area contributed by atoms with Crippen LogP contribution in [0.15, 0.2) is 245 Å². The van der Waals surface area contributed by atoms with Crippen LogP contribution in [0.4, 0.5) is 0 Å². The van der Waals surface area contributed by atoms with Crippen LogP contribution in [-0.2, 0) is 0 Å². The fourth-order valence-corrected chi connectivity index (χ4v) is 11.8. The molecule has 0 atom stereocenters. The largest absolute Gasteiger partial charge is 0.456 e. The molecule has 0 radical (unpaired) electrons. The minimum absolute atomic E-state index is 0.883. The summed E-state index contributed by atoms with van der Waals surface area (Å²) < 4.78 is 17.6. The molecule has 72 heavy (non-hydrogen) atoms. The molecule has 16 aromatic rings. The highest BCUT2D eigenvalue weighted by Crippen LogP contribution is 2.44. The molecule has 0 aliphatic heterocycles. The first-order valence-electron chi connectivity index (χ1n) is 24.5. The molecule has 0 aliphatic carbocycles. The van der Waals surface area contributed by atoms with Gasteiger partial charge in [0.25, 0.3) is 0 Å². The van der Waals surface area contributed by atoms with Crippen LogP contribution in [0, 0.1) is 0 Å². The Labute approximate surface area is 411 Å². The van der Waals surface area contributed by atoms with Crippen molar-refractivity contribution in [3.8, 4) is 44.9 Å². The molecule has 334 valence electrons. The maximum atomic E-state index is 6.38. The second-order valence-corrected chi connectivity index (χ2v) is 19.0. The van der Waals surface area contributed by atoms with Crippen LogP contribution in [0.3, 0.4) is 0 Å². The van der Waals surface area contributed by atoms with E-state index in [2.05, 4.69) is 221 Å². The fraction of sp³-hybridized carbons (Fsp3) is 0. The predicted octanol–water partition coefficient (Wildman–Crippen LogP) is 18.4. The van der Waals surface area contributed by atoms with Gasteiger partial charge < -0.3 is 18.0 Å². The van der Waals surface area contributed by atoms with Gasteiger partial charge in [-0.3, -0.25) is 0 Å². The van der Waals surface area contributed by atoms with Gasteiger partial charge in [-0.25, -0.2) is 4.98 Å². The molecule has 16 rings (SSSR count). The second kappa shape index (κ2) is 14.9. The molecule has 5 nitrogen and oxygen atoms in total. The van der Waals surface area contributed by atoms with E-state index in [1.165, 1.54) is 38.0 Å². The molecule has 0 saturated carbocycles. The van der Waals surface area contributed by atoms with Crippen LogP contribution in [-0.4, -0.2) is 14.1 Å². The molecule has 0 spiro atoms. The number of benzene rings is 11. The Balaban J connectivity index is 0.895. The Morgan fingerprint density at radius 1 is 0.264 bits per heavy atom. The lowest BCUT2D eigenvalue weighted by molar-refractivity contribution is 0.668. The standard InChI is InChI=1S/C67H39N3O2/c1-2-12-45(13-3-1)69-57-19-9-5-17-54(57)66-58(69)35-34-55-65(66)53-16-4-8-18-56(53)68-67(55)40-22-28-46(29-23-40)70-59-36-41(43-26-32-51-49-14-6-10-20-61(49)71-63(51)38-43)24-30-47(59)48-31-25-42(37-60(48)70)44-27-33-52-50-15-7-11-21-62(50)72-64(52)39-44/h1-39H. The molecular formula is C67H39N3O2. The van der Waals surface area contributed by atoms with Gasteiger partial charge >= 0.3 is 0 Å². The van der Waals surface area contributed by atoms with E-state index in [1.54, 1.807) is 0 Å². The molecular weight excluding hydrogens is 879 g/mol. The summed E-state index contributed by atoms with van der Waals surface area (Å²) in [5.74, 6) is 0. The average Bonchev–Trinajstić information content (AvgIpc) is 4.20. The minimum atomic E-state index is 0.883. The van der Waals surface area contributed by atoms with E-state index in [1.807, 2.05) is 24.3 Å². The summed E-state index contributed by atoms with van der Waals surface area (Å²) in [6.07, 6.45) is 0. The zero-order chi connectivity index (χ0) is 47.0. The van der Waals surface area contributed by atoms with E-state index >= 15 is 0 Å². The fourth-order valence-electron chi connectivity index (χ4n) is 11.8. The summed E-state index contributed by atoms with van der Waals surface area (Å²) in [7, 11) is 0. The Morgan fingerprint density at radius 2 is 0.722 bits per heavy atom. The van der Waals surface area contributed by atoms with Gasteiger partial charge in [0.1, 0.15) is 22.3 Å². The Kier molecular flexibility index (Phi) is 8.10. The van der Waals surface area contributed by atoms with Crippen LogP contribution >= 0.6 is 0 Å². The van der Waals surface area contributed by atoms with Crippen LogP contribution in [0.1, 0.15) is 0 Å². The van der Waals surface area contributed by atoms with Gasteiger partial charge in [-0.05, 0) is 113 Å². The Morgan fingerprint density at radius 3 is 1.36 bits per heavy atom. The van der Waals surface area contributed by atoms with E-state index < -0.39 is 0 Å². The molecule has 5 heterocycles. The maximum Gasteiger partial charge on any atom is 0.136 e. The maximum absolute atomic E-state index is 6.38. The number of rotatable bonds is 5. The molecule has 5 heteroatoms. The van der Waals surface area contributed by atoms with Crippen molar-refractivity contribution in [2.75, 3.05) is 0 Å². The third kappa shape index (κ3) is 5.67. The molecule has 0 bridgehead atoms. The number of pyridine rings is 1. The van der Waals surface area contributed by atoms with Crippen molar-refractivity contribution in [1.82, 2.24) is 14.1 Å².